The molecule has 1 aromatic heterocycles. The summed E-state index contributed by atoms with van der Waals surface area (Å²) in [5.41, 5.74) is 2.72. The molecule has 0 aliphatic carbocycles. The summed E-state index contributed by atoms with van der Waals surface area (Å²) in [4.78, 5) is 12.8. The van der Waals surface area contributed by atoms with Crippen LogP contribution in [-0.2, 0) is 22.6 Å². The molecule has 1 saturated heterocycles. The van der Waals surface area contributed by atoms with Crippen molar-refractivity contribution in [2.24, 2.45) is 0 Å². The van der Waals surface area contributed by atoms with Gasteiger partial charge in [-0.1, -0.05) is 37.3 Å². The van der Waals surface area contributed by atoms with Crippen molar-refractivity contribution in [1.82, 2.24) is 5.32 Å². The van der Waals surface area contributed by atoms with E-state index in [2.05, 4.69) is 17.6 Å². The van der Waals surface area contributed by atoms with Gasteiger partial charge in [0.25, 0.3) is 0 Å². The zero-order chi connectivity index (χ0) is 18.6. The first kappa shape index (κ1) is 17.8. The number of hydrogen-bond donors (Lipinski definition) is 2. The number of carbonyl (C=O) groups excluding carboxylic acids is 1. The molecule has 140 valence electrons. The standard InChI is InChI=1S/C22H24N2O3/c1-2-18-13-16-12-17(8-9-19(16)27-18)24-22(25)21-20(10-11-23-21)26-14-15-6-4-3-5-7-15/h3-9,12-13,20-21,23H,2,10-11,14H2,1H3,(H,24,25)/t20-,21-/m0/s1. The number of rotatable bonds is 6. The van der Waals surface area contributed by atoms with Crippen molar-refractivity contribution in [2.75, 3.05) is 11.9 Å². The van der Waals surface area contributed by atoms with Crippen molar-refractivity contribution >= 4 is 22.6 Å². The van der Waals surface area contributed by atoms with Gasteiger partial charge in [-0.2, -0.15) is 0 Å². The molecule has 1 fully saturated rings. The average molecular weight is 364 g/mol. The Bertz CT molecular complexity index is 920. The highest BCUT2D eigenvalue weighted by Crippen LogP contribution is 2.24. The van der Waals surface area contributed by atoms with E-state index in [4.69, 9.17) is 9.15 Å². The van der Waals surface area contributed by atoms with Gasteiger partial charge in [0, 0.05) is 17.5 Å². The zero-order valence-electron chi connectivity index (χ0n) is 15.4. The lowest BCUT2D eigenvalue weighted by atomic mass is 10.1. The highest BCUT2D eigenvalue weighted by molar-refractivity contribution is 5.97. The van der Waals surface area contributed by atoms with E-state index in [1.807, 2.05) is 54.6 Å². The summed E-state index contributed by atoms with van der Waals surface area (Å²) in [5.74, 6) is 0.879. The predicted octanol–water partition coefficient (Wildman–Crippen LogP) is 3.88. The predicted molar refractivity (Wildman–Crippen MR) is 106 cm³/mol. The maximum Gasteiger partial charge on any atom is 0.244 e. The Hall–Kier alpha value is -2.63. The van der Waals surface area contributed by atoms with Gasteiger partial charge in [0.2, 0.25) is 5.91 Å². The van der Waals surface area contributed by atoms with Crippen LogP contribution in [0, 0.1) is 0 Å². The van der Waals surface area contributed by atoms with E-state index in [1.54, 1.807) is 0 Å². The lowest BCUT2D eigenvalue weighted by Gasteiger charge is -2.20. The van der Waals surface area contributed by atoms with E-state index in [-0.39, 0.29) is 18.1 Å². The van der Waals surface area contributed by atoms with Crippen LogP contribution in [0.3, 0.4) is 0 Å². The molecular formula is C22H24N2O3. The molecule has 0 unspecified atom stereocenters. The molecule has 0 bridgehead atoms. The molecule has 2 aromatic carbocycles. The highest BCUT2D eigenvalue weighted by atomic mass is 16.5. The fourth-order valence-corrected chi connectivity index (χ4v) is 3.47. The number of benzene rings is 2. The molecule has 2 heterocycles. The van der Waals surface area contributed by atoms with Crippen LogP contribution in [0.25, 0.3) is 11.0 Å². The van der Waals surface area contributed by atoms with Gasteiger partial charge in [0.1, 0.15) is 17.4 Å². The summed E-state index contributed by atoms with van der Waals surface area (Å²) in [6.45, 7) is 3.34. The number of furan rings is 1. The number of ether oxygens (including phenoxy) is 1. The Morgan fingerprint density at radius 3 is 2.89 bits per heavy atom. The summed E-state index contributed by atoms with van der Waals surface area (Å²) < 4.78 is 11.7. The van der Waals surface area contributed by atoms with Gasteiger partial charge in [-0.15, -0.1) is 0 Å². The molecular weight excluding hydrogens is 340 g/mol. The SMILES string of the molecule is CCc1cc2cc(NC(=O)[C@H]3NCC[C@@H]3OCc3ccccc3)ccc2o1. The van der Waals surface area contributed by atoms with Crippen molar-refractivity contribution < 1.29 is 13.9 Å². The minimum atomic E-state index is -0.347. The highest BCUT2D eigenvalue weighted by Gasteiger charge is 2.33. The second kappa shape index (κ2) is 7.94. The first-order valence-corrected chi connectivity index (χ1v) is 9.45. The Morgan fingerprint density at radius 2 is 2.07 bits per heavy atom. The van der Waals surface area contributed by atoms with Gasteiger partial charge in [-0.05, 0) is 42.8 Å². The molecule has 1 amide bonds. The van der Waals surface area contributed by atoms with E-state index in [0.717, 1.165) is 47.4 Å². The van der Waals surface area contributed by atoms with Crippen molar-refractivity contribution in [2.45, 2.75) is 38.5 Å². The fraction of sp³-hybridized carbons (Fsp3) is 0.318. The van der Waals surface area contributed by atoms with Crippen molar-refractivity contribution in [3.05, 3.63) is 65.9 Å². The lowest BCUT2D eigenvalue weighted by Crippen LogP contribution is -2.43. The Labute approximate surface area is 158 Å². The molecule has 5 nitrogen and oxygen atoms in total. The third-order valence-electron chi connectivity index (χ3n) is 4.94. The number of anilines is 1. The number of amides is 1. The summed E-state index contributed by atoms with van der Waals surface area (Å²) in [5, 5.41) is 7.27. The number of nitrogens with one attached hydrogen (secondary N) is 2. The van der Waals surface area contributed by atoms with Gasteiger partial charge in [0.15, 0.2) is 0 Å². The molecule has 3 aromatic rings. The summed E-state index contributed by atoms with van der Waals surface area (Å²) in [7, 11) is 0. The topological polar surface area (TPSA) is 63.5 Å². The monoisotopic (exact) mass is 364 g/mol. The maximum atomic E-state index is 12.8. The summed E-state index contributed by atoms with van der Waals surface area (Å²) >= 11 is 0. The summed E-state index contributed by atoms with van der Waals surface area (Å²) in [6.07, 6.45) is 1.54. The van der Waals surface area contributed by atoms with E-state index in [9.17, 15) is 4.79 Å². The maximum absolute atomic E-state index is 12.8. The number of carbonyl (C=O) groups is 1. The molecule has 0 spiro atoms. The largest absolute Gasteiger partial charge is 0.461 e. The first-order chi connectivity index (χ1) is 13.2. The average Bonchev–Trinajstić information content (AvgIpc) is 3.33. The smallest absolute Gasteiger partial charge is 0.244 e. The Morgan fingerprint density at radius 1 is 1.22 bits per heavy atom. The van der Waals surface area contributed by atoms with E-state index < -0.39 is 0 Å². The minimum absolute atomic E-state index is 0.0656. The van der Waals surface area contributed by atoms with Crippen LogP contribution in [0.15, 0.2) is 59.0 Å². The van der Waals surface area contributed by atoms with Crippen molar-refractivity contribution in [1.29, 1.82) is 0 Å². The van der Waals surface area contributed by atoms with Crippen LogP contribution in [0.1, 0.15) is 24.7 Å². The first-order valence-electron chi connectivity index (χ1n) is 9.45. The Balaban J connectivity index is 1.40. The lowest BCUT2D eigenvalue weighted by molar-refractivity contribution is -0.121. The number of aryl methyl sites for hydroxylation is 1. The zero-order valence-corrected chi connectivity index (χ0v) is 15.4. The third-order valence-corrected chi connectivity index (χ3v) is 4.94. The molecule has 1 aliphatic heterocycles. The normalized spacial score (nSPS) is 19.4. The fourth-order valence-electron chi connectivity index (χ4n) is 3.47. The van der Waals surface area contributed by atoms with Crippen LogP contribution >= 0.6 is 0 Å². The Kier molecular flexibility index (Phi) is 5.23. The van der Waals surface area contributed by atoms with Gasteiger partial charge in [-0.25, -0.2) is 0 Å². The third kappa shape index (κ3) is 4.04. The van der Waals surface area contributed by atoms with E-state index in [0.29, 0.717) is 6.61 Å². The van der Waals surface area contributed by atoms with Crippen LogP contribution in [-0.4, -0.2) is 24.6 Å². The van der Waals surface area contributed by atoms with E-state index >= 15 is 0 Å². The summed E-state index contributed by atoms with van der Waals surface area (Å²) in [6, 6.07) is 17.4. The molecule has 2 N–H and O–H groups in total. The minimum Gasteiger partial charge on any atom is -0.461 e. The molecule has 0 saturated carbocycles. The molecule has 2 atom stereocenters. The molecule has 27 heavy (non-hydrogen) atoms. The number of hydrogen-bond acceptors (Lipinski definition) is 4. The van der Waals surface area contributed by atoms with Gasteiger partial charge in [-0.3, -0.25) is 4.79 Å². The molecule has 0 radical (unpaired) electrons. The second-order valence-electron chi connectivity index (χ2n) is 6.86. The molecule has 5 heteroatoms. The second-order valence-corrected chi connectivity index (χ2v) is 6.86. The van der Waals surface area contributed by atoms with Gasteiger partial charge < -0.3 is 19.8 Å². The molecule has 4 rings (SSSR count). The van der Waals surface area contributed by atoms with Crippen LogP contribution < -0.4 is 10.6 Å². The molecule has 1 aliphatic rings. The van der Waals surface area contributed by atoms with E-state index in [1.165, 1.54) is 0 Å². The van der Waals surface area contributed by atoms with Gasteiger partial charge >= 0.3 is 0 Å². The number of fused-ring (bicyclic) bond motifs is 1. The van der Waals surface area contributed by atoms with Crippen LogP contribution in [0.2, 0.25) is 0 Å². The van der Waals surface area contributed by atoms with Crippen molar-refractivity contribution in [3.8, 4) is 0 Å². The van der Waals surface area contributed by atoms with Crippen molar-refractivity contribution in [3.63, 3.8) is 0 Å². The van der Waals surface area contributed by atoms with Gasteiger partial charge in [0.05, 0.1) is 12.7 Å². The van der Waals surface area contributed by atoms with Crippen LogP contribution in [0.5, 0.6) is 0 Å². The van der Waals surface area contributed by atoms with Crippen LogP contribution in [0.4, 0.5) is 5.69 Å². The quantitative estimate of drug-likeness (QED) is 0.697.